The van der Waals surface area contributed by atoms with Crippen LogP contribution >= 0.6 is 0 Å². The van der Waals surface area contributed by atoms with Gasteiger partial charge in [0, 0.05) is 5.57 Å². The maximum Gasteiger partial charge on any atom is 0.333 e. The summed E-state index contributed by atoms with van der Waals surface area (Å²) in [6, 6.07) is 6.70. The summed E-state index contributed by atoms with van der Waals surface area (Å²) in [6.07, 6.45) is 1.68. The minimum Gasteiger partial charge on any atom is -0.508 e. The molecule has 1 rings (SSSR count). The molecule has 0 aliphatic carbocycles. The Hall–Kier alpha value is -1.77. The lowest BCUT2D eigenvalue weighted by Crippen LogP contribution is -2.04. The number of aromatic hydroxyl groups is 1. The van der Waals surface area contributed by atoms with Crippen molar-refractivity contribution in [1.82, 2.24) is 0 Å². The van der Waals surface area contributed by atoms with Crippen molar-refractivity contribution in [3.05, 3.63) is 35.4 Å². The fourth-order valence-corrected chi connectivity index (χ4v) is 1.17. The summed E-state index contributed by atoms with van der Waals surface area (Å²) < 4.78 is 4.84. The summed E-state index contributed by atoms with van der Waals surface area (Å²) in [5, 5.41) is 9.22. The number of hydrogen-bond donors (Lipinski definition) is 1. The minimum atomic E-state index is -0.333. The Kier molecular flexibility index (Phi) is 3.92. The molecule has 0 bridgehead atoms. The molecule has 0 fully saturated rings. The fraction of sp³-hybridized carbons (Fsp3) is 0.250. The molecule has 1 N–H and O–H groups in total. The minimum absolute atomic E-state index is 0.181. The second-order valence-electron chi connectivity index (χ2n) is 3.14. The highest BCUT2D eigenvalue weighted by Gasteiger charge is 2.04. The van der Waals surface area contributed by atoms with Crippen molar-refractivity contribution in [2.24, 2.45) is 0 Å². The van der Waals surface area contributed by atoms with Crippen molar-refractivity contribution >= 4 is 12.0 Å². The fourth-order valence-electron chi connectivity index (χ4n) is 1.17. The van der Waals surface area contributed by atoms with E-state index in [1.807, 2.05) is 6.07 Å². The molecular formula is C12H14O3. The predicted octanol–water partition coefficient (Wildman–Crippen LogP) is 2.36. The van der Waals surface area contributed by atoms with Crippen LogP contribution in [0, 0.1) is 0 Å². The van der Waals surface area contributed by atoms with E-state index in [0.29, 0.717) is 12.2 Å². The van der Waals surface area contributed by atoms with Crippen LogP contribution in [0.3, 0.4) is 0 Å². The van der Waals surface area contributed by atoms with Crippen molar-refractivity contribution in [3.63, 3.8) is 0 Å². The normalized spacial score (nSPS) is 11.2. The van der Waals surface area contributed by atoms with Gasteiger partial charge in [0.05, 0.1) is 6.61 Å². The smallest absolute Gasteiger partial charge is 0.333 e. The van der Waals surface area contributed by atoms with Gasteiger partial charge in [0.15, 0.2) is 0 Å². The zero-order valence-corrected chi connectivity index (χ0v) is 8.86. The Balaban J connectivity index is 2.82. The first-order valence-electron chi connectivity index (χ1n) is 4.78. The molecular weight excluding hydrogens is 192 g/mol. The molecule has 80 valence electrons. The molecule has 15 heavy (non-hydrogen) atoms. The maximum atomic E-state index is 11.3. The van der Waals surface area contributed by atoms with Gasteiger partial charge in [-0.1, -0.05) is 12.1 Å². The van der Waals surface area contributed by atoms with E-state index in [1.165, 1.54) is 0 Å². The third-order valence-electron chi connectivity index (χ3n) is 1.85. The lowest BCUT2D eigenvalue weighted by Gasteiger charge is -2.01. The van der Waals surface area contributed by atoms with Crippen LogP contribution in [0.1, 0.15) is 19.4 Å². The summed E-state index contributed by atoms with van der Waals surface area (Å²) >= 11 is 0. The van der Waals surface area contributed by atoms with Crippen LogP contribution in [-0.4, -0.2) is 17.7 Å². The topological polar surface area (TPSA) is 46.5 Å². The highest BCUT2D eigenvalue weighted by molar-refractivity contribution is 5.93. The van der Waals surface area contributed by atoms with Crippen molar-refractivity contribution in [2.45, 2.75) is 13.8 Å². The van der Waals surface area contributed by atoms with E-state index in [0.717, 1.165) is 5.56 Å². The highest BCUT2D eigenvalue weighted by Crippen LogP contribution is 2.14. The number of phenols is 1. The molecule has 0 saturated heterocycles. The molecule has 3 nitrogen and oxygen atoms in total. The molecule has 0 amide bonds. The van der Waals surface area contributed by atoms with Crippen LogP contribution in [0.4, 0.5) is 0 Å². The van der Waals surface area contributed by atoms with Crippen LogP contribution in [-0.2, 0) is 9.53 Å². The number of hydrogen-bond acceptors (Lipinski definition) is 3. The predicted molar refractivity (Wildman–Crippen MR) is 58.4 cm³/mol. The number of phenolic OH excluding ortho intramolecular Hbond substituents is 1. The molecule has 0 saturated carbocycles. The van der Waals surface area contributed by atoms with Gasteiger partial charge in [0.1, 0.15) is 5.75 Å². The van der Waals surface area contributed by atoms with Crippen LogP contribution in [0.5, 0.6) is 5.75 Å². The standard InChI is InChI=1S/C12H14O3/c1-3-15-12(14)9(2)7-10-5-4-6-11(13)8-10/h4-8,13H,3H2,1-2H3/b9-7+. The summed E-state index contributed by atoms with van der Waals surface area (Å²) in [5.41, 5.74) is 1.29. The summed E-state index contributed by atoms with van der Waals surface area (Å²) in [5.74, 6) is -0.152. The molecule has 1 aromatic rings. The van der Waals surface area contributed by atoms with E-state index in [4.69, 9.17) is 4.74 Å². The molecule has 0 radical (unpaired) electrons. The largest absolute Gasteiger partial charge is 0.508 e. The van der Waals surface area contributed by atoms with Gasteiger partial charge in [-0.15, -0.1) is 0 Å². The third-order valence-corrected chi connectivity index (χ3v) is 1.85. The molecule has 0 aliphatic heterocycles. The highest BCUT2D eigenvalue weighted by atomic mass is 16.5. The molecule has 0 heterocycles. The Morgan fingerprint density at radius 1 is 1.53 bits per heavy atom. The number of ether oxygens (including phenoxy) is 1. The maximum absolute atomic E-state index is 11.3. The Bertz CT molecular complexity index is 380. The van der Waals surface area contributed by atoms with Crippen molar-refractivity contribution in [1.29, 1.82) is 0 Å². The van der Waals surface area contributed by atoms with Gasteiger partial charge in [-0.05, 0) is 37.6 Å². The molecule has 0 spiro atoms. The van der Waals surface area contributed by atoms with E-state index < -0.39 is 0 Å². The van der Waals surface area contributed by atoms with E-state index in [-0.39, 0.29) is 11.7 Å². The van der Waals surface area contributed by atoms with Gasteiger partial charge in [0.2, 0.25) is 0 Å². The summed E-state index contributed by atoms with van der Waals surface area (Å²) in [4.78, 5) is 11.3. The molecule has 0 aromatic heterocycles. The molecule has 0 atom stereocenters. The van der Waals surface area contributed by atoms with Crippen LogP contribution in [0.2, 0.25) is 0 Å². The Morgan fingerprint density at radius 2 is 2.27 bits per heavy atom. The first-order chi connectivity index (χ1) is 7.13. The monoisotopic (exact) mass is 206 g/mol. The summed E-state index contributed by atoms with van der Waals surface area (Å²) in [6.45, 7) is 3.81. The van der Waals surface area contributed by atoms with Gasteiger partial charge in [0.25, 0.3) is 0 Å². The second kappa shape index (κ2) is 5.20. The van der Waals surface area contributed by atoms with Crippen molar-refractivity contribution in [2.75, 3.05) is 6.61 Å². The Morgan fingerprint density at radius 3 is 2.87 bits per heavy atom. The summed E-state index contributed by atoms with van der Waals surface area (Å²) in [7, 11) is 0. The lowest BCUT2D eigenvalue weighted by atomic mass is 10.1. The quantitative estimate of drug-likeness (QED) is 0.610. The zero-order chi connectivity index (χ0) is 11.3. The number of esters is 1. The molecule has 0 aliphatic rings. The first kappa shape index (κ1) is 11.3. The zero-order valence-electron chi connectivity index (χ0n) is 8.86. The van der Waals surface area contributed by atoms with E-state index in [2.05, 4.69) is 0 Å². The van der Waals surface area contributed by atoms with Crippen molar-refractivity contribution in [3.8, 4) is 5.75 Å². The molecule has 3 heteroatoms. The number of carbonyl (C=O) groups is 1. The number of rotatable bonds is 3. The van der Waals surface area contributed by atoms with Gasteiger partial charge in [-0.2, -0.15) is 0 Å². The van der Waals surface area contributed by atoms with Gasteiger partial charge >= 0.3 is 5.97 Å². The second-order valence-corrected chi connectivity index (χ2v) is 3.14. The van der Waals surface area contributed by atoms with E-state index >= 15 is 0 Å². The average molecular weight is 206 g/mol. The van der Waals surface area contributed by atoms with E-state index in [1.54, 1.807) is 38.1 Å². The van der Waals surface area contributed by atoms with Gasteiger partial charge in [-0.25, -0.2) is 4.79 Å². The van der Waals surface area contributed by atoms with Gasteiger partial charge < -0.3 is 9.84 Å². The molecule has 0 unspecified atom stereocenters. The SMILES string of the molecule is CCOC(=O)/C(C)=C/c1cccc(O)c1. The van der Waals surface area contributed by atoms with Crippen molar-refractivity contribution < 1.29 is 14.6 Å². The molecule has 1 aromatic carbocycles. The number of carbonyl (C=O) groups excluding carboxylic acids is 1. The lowest BCUT2D eigenvalue weighted by molar-refractivity contribution is -0.138. The van der Waals surface area contributed by atoms with Crippen LogP contribution < -0.4 is 0 Å². The number of benzene rings is 1. The third kappa shape index (κ3) is 3.46. The Labute approximate surface area is 89.0 Å². The first-order valence-corrected chi connectivity index (χ1v) is 4.78. The van der Waals surface area contributed by atoms with E-state index in [9.17, 15) is 9.90 Å². The average Bonchev–Trinajstić information content (AvgIpc) is 2.18. The van der Waals surface area contributed by atoms with Gasteiger partial charge in [-0.3, -0.25) is 0 Å². The van der Waals surface area contributed by atoms with Crippen LogP contribution in [0.15, 0.2) is 29.8 Å². The van der Waals surface area contributed by atoms with Crippen LogP contribution in [0.25, 0.3) is 6.08 Å².